The Bertz CT molecular complexity index is 2390. The van der Waals surface area contributed by atoms with Crippen LogP contribution in [-0.2, 0) is 0 Å². The van der Waals surface area contributed by atoms with Gasteiger partial charge < -0.3 is 9.97 Å². The molecule has 0 spiro atoms. The normalized spacial score (nSPS) is 12.1. The fraction of sp³-hybridized carbons (Fsp3) is 0. The van der Waals surface area contributed by atoms with Gasteiger partial charge in [0.2, 0.25) is 0 Å². The summed E-state index contributed by atoms with van der Waals surface area (Å²) in [5.74, 6) is 0. The molecule has 2 atom stereocenters. The summed E-state index contributed by atoms with van der Waals surface area (Å²) < 4.78 is 0. The Kier molecular flexibility index (Phi) is 5.89. The highest BCUT2D eigenvalue weighted by molar-refractivity contribution is 7.80. The highest BCUT2D eigenvalue weighted by Crippen LogP contribution is 2.41. The quantitative estimate of drug-likeness (QED) is 0.0991. The van der Waals surface area contributed by atoms with E-state index >= 15 is 0 Å². The van der Waals surface area contributed by atoms with Gasteiger partial charge in [0.1, 0.15) is 0 Å². The van der Waals surface area contributed by atoms with E-state index < -0.39 is 0 Å². The zero-order chi connectivity index (χ0) is 29.7. The van der Waals surface area contributed by atoms with Gasteiger partial charge in [0.15, 0.2) is 0 Å². The maximum absolute atomic E-state index is 5.22. The van der Waals surface area contributed by atoms with Crippen LogP contribution < -0.4 is 10.6 Å². The van der Waals surface area contributed by atoms with Crippen molar-refractivity contribution < 1.29 is 0 Å². The van der Waals surface area contributed by atoms with Crippen molar-refractivity contribution in [1.82, 2.24) is 19.9 Å². The molecule has 0 fully saturated rings. The molecule has 2 aliphatic heterocycles. The standard InChI is InChI=1S/C36H24N4P2S2/c41-17-1-5-21-25(9-17)34-14-31-23-7-3-19(43)11-27(23)36(39-31)16-32-24-8-4-20(44)12-28(24)35(40-32)15-30-22-6-2-18(42)10-26(22)33(38-30)13-29(21)37-34/h1-16,38-39,43-44H,41-42H2. The van der Waals surface area contributed by atoms with Gasteiger partial charge >= 0.3 is 0 Å². The van der Waals surface area contributed by atoms with E-state index in [-0.39, 0.29) is 0 Å². The topological polar surface area (TPSA) is 57.4 Å². The van der Waals surface area contributed by atoms with Gasteiger partial charge in [-0.3, -0.25) is 0 Å². The molecule has 2 N–H and O–H groups in total. The van der Waals surface area contributed by atoms with Crippen LogP contribution in [0.15, 0.2) is 107 Å². The molecule has 3 aromatic heterocycles. The van der Waals surface area contributed by atoms with Crippen molar-refractivity contribution in [3.05, 3.63) is 97.1 Å². The van der Waals surface area contributed by atoms with E-state index in [0.29, 0.717) is 0 Å². The van der Waals surface area contributed by atoms with E-state index in [1.807, 2.05) is 12.1 Å². The van der Waals surface area contributed by atoms with Gasteiger partial charge in [-0.1, -0.05) is 36.4 Å². The fourth-order valence-electron chi connectivity index (χ4n) is 6.48. The van der Waals surface area contributed by atoms with Crippen molar-refractivity contribution in [2.45, 2.75) is 9.79 Å². The molecule has 0 aliphatic carbocycles. The third kappa shape index (κ3) is 4.17. The molecule has 2 aliphatic rings. The number of benzene rings is 4. The third-order valence-corrected chi connectivity index (χ3v) is 9.78. The summed E-state index contributed by atoms with van der Waals surface area (Å²) in [6.07, 6.45) is 0. The summed E-state index contributed by atoms with van der Waals surface area (Å²) in [5.41, 5.74) is 12.0. The Morgan fingerprint density at radius 2 is 0.841 bits per heavy atom. The minimum Gasteiger partial charge on any atom is -0.354 e. The van der Waals surface area contributed by atoms with Gasteiger partial charge in [-0.25, -0.2) is 9.97 Å². The van der Waals surface area contributed by atoms with Crippen LogP contribution in [0.2, 0.25) is 0 Å². The molecule has 2 unspecified atom stereocenters. The first-order valence-corrected chi connectivity index (χ1v) is 16.2. The molecule has 5 heterocycles. The van der Waals surface area contributed by atoms with Crippen LogP contribution in [0.4, 0.5) is 0 Å². The lowest BCUT2D eigenvalue weighted by Gasteiger charge is -2.01. The molecular formula is C36H24N4P2S2. The van der Waals surface area contributed by atoms with Crippen molar-refractivity contribution in [1.29, 1.82) is 0 Å². The van der Waals surface area contributed by atoms with Crippen molar-refractivity contribution in [3.8, 4) is 45.0 Å². The minimum atomic E-state index is 0.892. The molecule has 8 heteroatoms. The fourth-order valence-corrected chi connectivity index (χ4v) is 7.41. The summed E-state index contributed by atoms with van der Waals surface area (Å²) in [7, 11) is 5.65. The predicted molar refractivity (Wildman–Crippen MR) is 198 cm³/mol. The Balaban J connectivity index is 1.51. The first-order valence-electron chi connectivity index (χ1n) is 14.2. The number of fused-ring (bicyclic) bond motifs is 20. The highest BCUT2D eigenvalue weighted by atomic mass is 32.1. The molecule has 7 aromatic rings. The Hall–Kier alpha value is -3.92. The average molecular weight is 639 g/mol. The second kappa shape index (κ2) is 9.79. The number of nitrogens with zero attached hydrogens (tertiary/aromatic N) is 2. The number of thiol groups is 2. The number of H-pyrrole nitrogens is 2. The lowest BCUT2D eigenvalue weighted by molar-refractivity contribution is 1.40. The van der Waals surface area contributed by atoms with Crippen molar-refractivity contribution in [2.75, 3.05) is 0 Å². The highest BCUT2D eigenvalue weighted by Gasteiger charge is 2.20. The van der Waals surface area contributed by atoms with Gasteiger partial charge in [0.05, 0.1) is 22.8 Å². The van der Waals surface area contributed by atoms with Crippen molar-refractivity contribution in [3.63, 3.8) is 0 Å². The predicted octanol–water partition coefficient (Wildman–Crippen LogP) is 8.87. The molecule has 4 aromatic carbocycles. The first kappa shape index (κ1) is 26.5. The van der Waals surface area contributed by atoms with E-state index in [4.69, 9.17) is 9.97 Å². The van der Waals surface area contributed by atoms with Crippen molar-refractivity contribution >= 4 is 98.0 Å². The smallest absolute Gasteiger partial charge is 0.0737 e. The van der Waals surface area contributed by atoms with Crippen LogP contribution in [0, 0.1) is 0 Å². The lowest BCUT2D eigenvalue weighted by Crippen LogP contribution is -1.90. The zero-order valence-electron chi connectivity index (χ0n) is 23.2. The molecule has 0 amide bonds. The van der Waals surface area contributed by atoms with Crippen LogP contribution in [0.3, 0.4) is 0 Å². The summed E-state index contributed by atoms with van der Waals surface area (Å²) in [5, 5.41) is 6.70. The van der Waals surface area contributed by atoms with Crippen LogP contribution in [0.1, 0.15) is 0 Å². The molecule has 44 heavy (non-hydrogen) atoms. The summed E-state index contributed by atoms with van der Waals surface area (Å²) >= 11 is 9.36. The maximum Gasteiger partial charge on any atom is 0.0737 e. The first-order chi connectivity index (χ1) is 21.4. The van der Waals surface area contributed by atoms with Gasteiger partial charge in [0, 0.05) is 75.7 Å². The molecule has 0 saturated carbocycles. The number of hydrogen-bond donors (Lipinski definition) is 4. The lowest BCUT2D eigenvalue weighted by atomic mass is 10.0. The van der Waals surface area contributed by atoms with Crippen LogP contribution in [-0.4, -0.2) is 19.9 Å². The van der Waals surface area contributed by atoms with Crippen LogP contribution >= 0.6 is 43.7 Å². The third-order valence-electron chi connectivity index (χ3n) is 8.50. The Morgan fingerprint density at radius 3 is 1.50 bits per heavy atom. The van der Waals surface area contributed by atoms with E-state index in [2.05, 4.69) is 139 Å². The molecule has 0 radical (unpaired) electrons. The second-order valence-corrected chi connectivity index (χ2v) is 13.7. The summed E-state index contributed by atoms with van der Waals surface area (Å²) in [4.78, 5) is 19.7. The van der Waals surface area contributed by atoms with Crippen LogP contribution in [0.25, 0.3) is 88.6 Å². The molecular weight excluding hydrogens is 615 g/mol. The summed E-state index contributed by atoms with van der Waals surface area (Å²) in [6, 6.07) is 34.1. The molecule has 210 valence electrons. The number of hydrogen-bond acceptors (Lipinski definition) is 4. The monoisotopic (exact) mass is 638 g/mol. The number of nitrogens with one attached hydrogen (secondary N) is 2. The number of aromatic amines is 2. The number of rotatable bonds is 0. The average Bonchev–Trinajstić information content (AvgIpc) is 3.71. The van der Waals surface area contributed by atoms with Gasteiger partial charge in [-0.15, -0.1) is 43.7 Å². The largest absolute Gasteiger partial charge is 0.354 e. The second-order valence-electron chi connectivity index (χ2n) is 11.3. The van der Waals surface area contributed by atoms with Gasteiger partial charge in [-0.2, -0.15) is 0 Å². The molecule has 9 rings (SSSR count). The van der Waals surface area contributed by atoms with E-state index in [1.54, 1.807) is 0 Å². The molecule has 8 bridgehead atoms. The van der Waals surface area contributed by atoms with Crippen molar-refractivity contribution in [2.24, 2.45) is 0 Å². The van der Waals surface area contributed by atoms with E-state index in [1.165, 1.54) is 0 Å². The molecule has 0 saturated heterocycles. The Morgan fingerprint density at radius 1 is 0.409 bits per heavy atom. The Labute approximate surface area is 268 Å². The molecule has 4 nitrogen and oxygen atoms in total. The minimum absolute atomic E-state index is 0.892. The maximum atomic E-state index is 5.22. The van der Waals surface area contributed by atoms with Gasteiger partial charge in [-0.05, 0) is 71.3 Å². The SMILES string of the molecule is Pc1ccc2c(c1)-c1cc3[nH]c(cc4nc(cc5[nH]c(cc-2n1)c1cc(P)ccc51)-c1cc(S)ccc1-4)c1cc(S)ccc31. The van der Waals surface area contributed by atoms with Gasteiger partial charge in [0.25, 0.3) is 0 Å². The van der Waals surface area contributed by atoms with E-state index in [9.17, 15) is 0 Å². The van der Waals surface area contributed by atoms with E-state index in [0.717, 1.165) is 109 Å². The van der Waals surface area contributed by atoms with Crippen LogP contribution in [0.5, 0.6) is 0 Å². The summed E-state index contributed by atoms with van der Waals surface area (Å²) in [6.45, 7) is 0. The zero-order valence-corrected chi connectivity index (χ0v) is 27.3. The number of aromatic nitrogens is 4.